The van der Waals surface area contributed by atoms with E-state index >= 15 is 0 Å². The van der Waals surface area contributed by atoms with Gasteiger partial charge in [-0.2, -0.15) is 0 Å². The predicted octanol–water partition coefficient (Wildman–Crippen LogP) is 3.15. The highest BCUT2D eigenvalue weighted by Crippen LogP contribution is 2.30. The molecular weight excluding hydrogens is 447 g/mol. The van der Waals surface area contributed by atoms with Crippen LogP contribution in [0.5, 0.6) is 5.75 Å². The van der Waals surface area contributed by atoms with Crippen molar-refractivity contribution in [2.24, 2.45) is 0 Å². The van der Waals surface area contributed by atoms with Crippen molar-refractivity contribution in [3.05, 3.63) is 64.0 Å². The highest BCUT2D eigenvalue weighted by atomic mass is 19.1. The molecule has 0 unspecified atom stereocenters. The molecular formula is C26H31FN6O2. The molecule has 8 nitrogen and oxygen atoms in total. The Balaban J connectivity index is 1.36. The minimum absolute atomic E-state index is 0.155. The molecule has 0 saturated carbocycles. The molecule has 0 radical (unpaired) electrons. The van der Waals surface area contributed by atoms with Crippen molar-refractivity contribution < 1.29 is 9.13 Å². The zero-order valence-electron chi connectivity index (χ0n) is 20.3. The summed E-state index contributed by atoms with van der Waals surface area (Å²) in [5, 5.41) is 3.18. The summed E-state index contributed by atoms with van der Waals surface area (Å²) < 4.78 is 21.9. The number of likely N-dealkylation sites (N-methyl/N-ethyl adjacent to an activating group) is 1. The molecule has 1 fully saturated rings. The normalized spacial score (nSPS) is 16.0. The number of hydrogen-bond donors (Lipinski definition) is 1. The molecule has 184 valence electrons. The Labute approximate surface area is 204 Å². The van der Waals surface area contributed by atoms with Crippen LogP contribution in [0.15, 0.2) is 41.5 Å². The second-order valence-electron chi connectivity index (χ2n) is 9.05. The summed E-state index contributed by atoms with van der Waals surface area (Å²) in [6, 6.07) is 7.01. The molecule has 0 amide bonds. The molecule has 0 aliphatic carbocycles. The lowest BCUT2D eigenvalue weighted by atomic mass is 9.99. The number of halogens is 1. The fourth-order valence-corrected chi connectivity index (χ4v) is 4.73. The molecule has 0 atom stereocenters. The maximum Gasteiger partial charge on any atom is 0.262 e. The molecule has 1 saturated heterocycles. The van der Waals surface area contributed by atoms with Crippen LogP contribution in [-0.2, 0) is 19.5 Å². The van der Waals surface area contributed by atoms with Crippen molar-refractivity contribution in [2.75, 3.05) is 50.1 Å². The molecule has 2 aliphatic heterocycles. The van der Waals surface area contributed by atoms with Gasteiger partial charge in [-0.05, 0) is 51.1 Å². The van der Waals surface area contributed by atoms with Gasteiger partial charge in [-0.3, -0.25) is 9.36 Å². The van der Waals surface area contributed by atoms with Crippen molar-refractivity contribution in [3.8, 4) is 16.9 Å². The summed E-state index contributed by atoms with van der Waals surface area (Å²) >= 11 is 0. The maximum absolute atomic E-state index is 14.6. The van der Waals surface area contributed by atoms with E-state index in [-0.39, 0.29) is 17.9 Å². The van der Waals surface area contributed by atoms with E-state index in [9.17, 15) is 9.18 Å². The maximum atomic E-state index is 14.6. The molecule has 2 aromatic heterocycles. The highest BCUT2D eigenvalue weighted by molar-refractivity contribution is 5.63. The van der Waals surface area contributed by atoms with E-state index < -0.39 is 0 Å². The molecule has 35 heavy (non-hydrogen) atoms. The molecule has 1 N–H and O–H groups in total. The van der Waals surface area contributed by atoms with Crippen LogP contribution >= 0.6 is 0 Å². The smallest absolute Gasteiger partial charge is 0.262 e. The number of hydrogen-bond acceptors (Lipinski definition) is 7. The summed E-state index contributed by atoms with van der Waals surface area (Å²) in [7, 11) is 2.12. The van der Waals surface area contributed by atoms with Gasteiger partial charge in [0.25, 0.3) is 5.56 Å². The Morgan fingerprint density at radius 1 is 1.09 bits per heavy atom. The minimum Gasteiger partial charge on any atom is -0.493 e. The van der Waals surface area contributed by atoms with Crippen LogP contribution < -0.4 is 20.5 Å². The number of nitrogens with zero attached hydrogens (tertiary/aromatic N) is 5. The first kappa shape index (κ1) is 23.3. The number of fused-ring (bicyclic) bond motifs is 1. The first-order valence-corrected chi connectivity index (χ1v) is 12.2. The van der Waals surface area contributed by atoms with Crippen molar-refractivity contribution >= 4 is 11.8 Å². The molecule has 1 aromatic carbocycles. The van der Waals surface area contributed by atoms with Gasteiger partial charge in [-0.15, -0.1) is 0 Å². The minimum atomic E-state index is -0.282. The first-order valence-electron chi connectivity index (χ1n) is 12.2. The van der Waals surface area contributed by atoms with Gasteiger partial charge in [0, 0.05) is 68.4 Å². The number of aromatic nitrogens is 3. The monoisotopic (exact) mass is 478 g/mol. The number of nitrogens with one attached hydrogen (secondary N) is 1. The van der Waals surface area contributed by atoms with Crippen LogP contribution in [0.2, 0.25) is 0 Å². The molecule has 0 bridgehead atoms. The lowest BCUT2D eigenvalue weighted by Gasteiger charge is -2.33. The second kappa shape index (κ2) is 10.0. The van der Waals surface area contributed by atoms with Gasteiger partial charge in [0.05, 0.1) is 12.2 Å². The standard InChI is InChI=1S/C26H31FN6O2/c1-3-33-25(34)20(18-6-9-24(28-15-18)32-12-10-31(2)11-13-32)16-29-26(33)30-17-21-19-5-4-14-35-23(19)8-7-22(21)27/h6-9,15-16H,3-5,10-14,17H2,1-2H3,(H,29,30). The summed E-state index contributed by atoms with van der Waals surface area (Å²) in [6.07, 6.45) is 4.94. The summed E-state index contributed by atoms with van der Waals surface area (Å²) in [4.78, 5) is 27.0. The average molecular weight is 479 g/mol. The third-order valence-corrected chi connectivity index (χ3v) is 6.83. The Hall–Kier alpha value is -3.46. The van der Waals surface area contributed by atoms with Crippen LogP contribution in [0.25, 0.3) is 11.1 Å². The van der Waals surface area contributed by atoms with Crippen LogP contribution in [0.3, 0.4) is 0 Å². The summed E-state index contributed by atoms with van der Waals surface area (Å²) in [5.41, 5.74) is 2.52. The van der Waals surface area contributed by atoms with E-state index in [2.05, 4.69) is 32.1 Å². The van der Waals surface area contributed by atoms with Gasteiger partial charge in [0.1, 0.15) is 17.4 Å². The zero-order chi connectivity index (χ0) is 24.4. The van der Waals surface area contributed by atoms with Gasteiger partial charge in [0.2, 0.25) is 5.95 Å². The van der Waals surface area contributed by atoms with E-state index in [0.717, 1.165) is 61.7 Å². The molecule has 0 spiro atoms. The number of piperazine rings is 1. The van der Waals surface area contributed by atoms with E-state index in [1.807, 2.05) is 19.1 Å². The third-order valence-electron chi connectivity index (χ3n) is 6.83. The summed E-state index contributed by atoms with van der Waals surface area (Å²) in [6.45, 7) is 7.09. The Kier molecular flexibility index (Phi) is 6.68. The number of rotatable bonds is 6. The van der Waals surface area contributed by atoms with Crippen LogP contribution in [0.4, 0.5) is 16.2 Å². The summed E-state index contributed by atoms with van der Waals surface area (Å²) in [5.74, 6) is 1.78. The molecule has 3 aromatic rings. The fourth-order valence-electron chi connectivity index (χ4n) is 4.73. The topological polar surface area (TPSA) is 75.5 Å². The fraction of sp³-hybridized carbons (Fsp3) is 0.423. The number of ether oxygens (including phenoxy) is 1. The zero-order valence-corrected chi connectivity index (χ0v) is 20.3. The molecule has 2 aliphatic rings. The second-order valence-corrected chi connectivity index (χ2v) is 9.05. The number of pyridine rings is 1. The van der Waals surface area contributed by atoms with Gasteiger partial charge >= 0.3 is 0 Å². The van der Waals surface area contributed by atoms with Gasteiger partial charge < -0.3 is 19.9 Å². The quantitative estimate of drug-likeness (QED) is 0.583. The molecule has 9 heteroatoms. The van der Waals surface area contributed by atoms with Crippen LogP contribution in [0, 0.1) is 5.82 Å². The van der Waals surface area contributed by atoms with Gasteiger partial charge in [0.15, 0.2) is 0 Å². The lowest BCUT2D eigenvalue weighted by molar-refractivity contribution is 0.286. The van der Waals surface area contributed by atoms with Crippen LogP contribution in [0.1, 0.15) is 24.5 Å². The van der Waals surface area contributed by atoms with Crippen LogP contribution in [-0.4, -0.2) is 59.3 Å². The Morgan fingerprint density at radius 2 is 1.91 bits per heavy atom. The van der Waals surface area contributed by atoms with E-state index in [1.54, 1.807) is 23.0 Å². The van der Waals surface area contributed by atoms with Crippen molar-refractivity contribution in [1.29, 1.82) is 0 Å². The van der Waals surface area contributed by atoms with E-state index in [4.69, 9.17) is 4.74 Å². The molecule has 5 rings (SSSR count). The lowest BCUT2D eigenvalue weighted by Crippen LogP contribution is -2.44. The van der Waals surface area contributed by atoms with Gasteiger partial charge in [-0.25, -0.2) is 14.4 Å². The van der Waals surface area contributed by atoms with Crippen molar-refractivity contribution in [2.45, 2.75) is 32.9 Å². The van der Waals surface area contributed by atoms with E-state index in [0.29, 0.717) is 30.2 Å². The van der Waals surface area contributed by atoms with Crippen molar-refractivity contribution in [3.63, 3.8) is 0 Å². The van der Waals surface area contributed by atoms with Gasteiger partial charge in [-0.1, -0.05) is 0 Å². The largest absolute Gasteiger partial charge is 0.493 e. The van der Waals surface area contributed by atoms with E-state index in [1.165, 1.54) is 6.07 Å². The molecule has 4 heterocycles. The first-order chi connectivity index (χ1) is 17.0. The predicted molar refractivity (Wildman–Crippen MR) is 135 cm³/mol. The Morgan fingerprint density at radius 3 is 2.66 bits per heavy atom. The van der Waals surface area contributed by atoms with Crippen molar-refractivity contribution in [1.82, 2.24) is 19.4 Å². The number of benzene rings is 1. The SMILES string of the molecule is CCn1c(NCc2c(F)ccc3c2CCCO3)ncc(-c2ccc(N3CCN(C)CC3)nc2)c1=O. The Bertz CT molecular complexity index is 1250. The highest BCUT2D eigenvalue weighted by Gasteiger charge is 2.19. The third kappa shape index (κ3) is 4.73. The number of anilines is 2. The average Bonchev–Trinajstić information content (AvgIpc) is 2.89.